The fraction of sp³-hybridized carbons (Fsp3) is 0.435. The van der Waals surface area contributed by atoms with Crippen molar-refractivity contribution < 1.29 is 14.3 Å². The molecule has 4 rings (SSSR count). The number of rotatable bonds is 8. The Kier molecular flexibility index (Phi) is 6.80. The van der Waals surface area contributed by atoms with Crippen LogP contribution in [0.1, 0.15) is 33.6 Å². The van der Waals surface area contributed by atoms with Crippen molar-refractivity contribution in [2.75, 3.05) is 45.3 Å². The number of hydrogen-bond donors (Lipinski definition) is 2. The van der Waals surface area contributed by atoms with Gasteiger partial charge in [-0.15, -0.1) is 11.3 Å². The molecule has 1 aliphatic rings. The van der Waals surface area contributed by atoms with E-state index in [2.05, 4.69) is 44.9 Å². The van der Waals surface area contributed by atoms with Gasteiger partial charge in [0, 0.05) is 38.8 Å². The van der Waals surface area contributed by atoms with Gasteiger partial charge in [-0.2, -0.15) is 0 Å². The van der Waals surface area contributed by atoms with E-state index in [0.29, 0.717) is 37.8 Å². The molecule has 3 heterocycles. The van der Waals surface area contributed by atoms with Crippen molar-refractivity contribution in [3.05, 3.63) is 52.7 Å². The van der Waals surface area contributed by atoms with Crippen LogP contribution in [0.5, 0.6) is 0 Å². The minimum atomic E-state index is -0.105. The van der Waals surface area contributed by atoms with E-state index >= 15 is 0 Å². The van der Waals surface area contributed by atoms with E-state index in [1.54, 1.807) is 7.11 Å². The second kappa shape index (κ2) is 9.72. The highest BCUT2D eigenvalue weighted by Gasteiger charge is 2.35. The van der Waals surface area contributed by atoms with Crippen LogP contribution in [-0.4, -0.2) is 55.9 Å². The maximum Gasteiger partial charge on any atom is 0.261 e. The Hall–Kier alpha value is -2.55. The molecule has 0 aliphatic carbocycles. The van der Waals surface area contributed by atoms with E-state index in [1.165, 1.54) is 23.2 Å². The summed E-state index contributed by atoms with van der Waals surface area (Å²) in [7, 11) is 1.66. The molecule has 0 bridgehead atoms. The molecule has 1 fully saturated rings. The van der Waals surface area contributed by atoms with Crippen molar-refractivity contribution in [3.8, 4) is 0 Å². The van der Waals surface area contributed by atoms with Gasteiger partial charge in [-0.05, 0) is 30.9 Å². The van der Waals surface area contributed by atoms with Crippen molar-refractivity contribution >= 4 is 33.3 Å². The topological polar surface area (TPSA) is 85.4 Å². The maximum absolute atomic E-state index is 13.2. The molecule has 0 atom stereocenters. The molecule has 1 saturated heterocycles. The lowest BCUT2D eigenvalue weighted by molar-refractivity contribution is 0.0487. The van der Waals surface area contributed by atoms with Gasteiger partial charge < -0.3 is 20.1 Å². The largest absolute Gasteiger partial charge is 0.383 e. The summed E-state index contributed by atoms with van der Waals surface area (Å²) in [6.07, 6.45) is 3.31. The van der Waals surface area contributed by atoms with Crippen LogP contribution < -0.4 is 10.6 Å². The van der Waals surface area contributed by atoms with Crippen molar-refractivity contribution in [3.63, 3.8) is 0 Å². The number of carbonyl (C=O) groups is 1. The lowest BCUT2D eigenvalue weighted by Crippen LogP contribution is -2.44. The maximum atomic E-state index is 13.2. The summed E-state index contributed by atoms with van der Waals surface area (Å²) in [5, 5.41) is 7.39. The molecule has 7 nitrogen and oxygen atoms in total. The van der Waals surface area contributed by atoms with E-state index < -0.39 is 0 Å². The standard InChI is InChI=1S/C23H28N4O3S/c1-16-18-20(24-10-13-29-2)26-15-27-22(18)31-19(16)21(28)25-14-23(8-11-30-12-9-23)17-6-4-3-5-7-17/h3-7,15H,8-14H2,1-2H3,(H,25,28)(H,24,26,27). The van der Waals surface area contributed by atoms with Crippen LogP contribution in [0.4, 0.5) is 5.82 Å². The molecule has 0 spiro atoms. The molecule has 1 amide bonds. The minimum absolute atomic E-state index is 0.0647. The third-order valence-electron chi connectivity index (χ3n) is 5.96. The monoisotopic (exact) mass is 440 g/mol. The Labute approximate surface area is 186 Å². The molecule has 1 aliphatic heterocycles. The average molecular weight is 441 g/mol. The highest BCUT2D eigenvalue weighted by Crippen LogP contribution is 2.36. The molecular weight excluding hydrogens is 412 g/mol. The van der Waals surface area contributed by atoms with Gasteiger partial charge in [-0.3, -0.25) is 4.79 Å². The Morgan fingerprint density at radius 1 is 1.23 bits per heavy atom. The van der Waals surface area contributed by atoms with Crippen LogP contribution in [-0.2, 0) is 14.9 Å². The number of fused-ring (bicyclic) bond motifs is 1. The molecule has 2 N–H and O–H groups in total. The number of benzene rings is 1. The summed E-state index contributed by atoms with van der Waals surface area (Å²) in [4.78, 5) is 23.4. The van der Waals surface area contributed by atoms with Gasteiger partial charge in [0.2, 0.25) is 0 Å². The quantitative estimate of drug-likeness (QED) is 0.521. The second-order valence-corrected chi connectivity index (χ2v) is 8.82. The number of thiophene rings is 1. The predicted molar refractivity (Wildman–Crippen MR) is 123 cm³/mol. The summed E-state index contributed by atoms with van der Waals surface area (Å²) < 4.78 is 10.7. The lowest BCUT2D eigenvalue weighted by Gasteiger charge is -2.38. The number of anilines is 1. The summed E-state index contributed by atoms with van der Waals surface area (Å²) in [5.41, 5.74) is 2.05. The van der Waals surface area contributed by atoms with E-state index in [9.17, 15) is 4.79 Å². The number of carbonyl (C=O) groups excluding carboxylic acids is 1. The molecule has 0 saturated carbocycles. The molecule has 3 aromatic rings. The first-order valence-electron chi connectivity index (χ1n) is 10.5. The first kappa shape index (κ1) is 21.7. The van der Waals surface area contributed by atoms with Gasteiger partial charge in [0.15, 0.2) is 0 Å². The fourth-order valence-corrected chi connectivity index (χ4v) is 5.21. The number of aromatic nitrogens is 2. The molecule has 0 radical (unpaired) electrons. The van der Waals surface area contributed by atoms with Crippen molar-refractivity contribution in [1.82, 2.24) is 15.3 Å². The molecular formula is C23H28N4O3S. The first-order chi connectivity index (χ1) is 15.1. The fourth-order valence-electron chi connectivity index (χ4n) is 4.14. The number of aryl methyl sites for hydroxylation is 1. The summed E-state index contributed by atoms with van der Waals surface area (Å²) in [5.74, 6) is 0.671. The molecule has 8 heteroatoms. The summed E-state index contributed by atoms with van der Waals surface area (Å²) in [6.45, 7) is 5.17. The number of nitrogens with one attached hydrogen (secondary N) is 2. The first-order valence-corrected chi connectivity index (χ1v) is 11.3. The Morgan fingerprint density at radius 2 is 2.00 bits per heavy atom. The summed E-state index contributed by atoms with van der Waals surface area (Å²) >= 11 is 1.41. The molecule has 0 unspecified atom stereocenters. The van der Waals surface area contributed by atoms with Gasteiger partial charge in [0.1, 0.15) is 17.0 Å². The van der Waals surface area contributed by atoms with Gasteiger partial charge in [0.25, 0.3) is 5.91 Å². The molecule has 164 valence electrons. The normalized spacial score (nSPS) is 15.7. The zero-order chi connectivity index (χ0) is 21.7. The van der Waals surface area contributed by atoms with Crippen molar-refractivity contribution in [2.24, 2.45) is 0 Å². The van der Waals surface area contributed by atoms with Crippen molar-refractivity contribution in [2.45, 2.75) is 25.2 Å². The van der Waals surface area contributed by atoms with Gasteiger partial charge in [-0.1, -0.05) is 30.3 Å². The van der Waals surface area contributed by atoms with E-state index in [4.69, 9.17) is 9.47 Å². The Morgan fingerprint density at radius 3 is 2.74 bits per heavy atom. The zero-order valence-electron chi connectivity index (χ0n) is 17.9. The molecule has 1 aromatic carbocycles. The van der Waals surface area contributed by atoms with Crippen molar-refractivity contribution in [1.29, 1.82) is 0 Å². The minimum Gasteiger partial charge on any atom is -0.383 e. The lowest BCUT2D eigenvalue weighted by atomic mass is 9.74. The van der Waals surface area contributed by atoms with Crippen LogP contribution in [0.2, 0.25) is 0 Å². The predicted octanol–water partition coefficient (Wildman–Crippen LogP) is 3.54. The third kappa shape index (κ3) is 4.56. The smallest absolute Gasteiger partial charge is 0.261 e. The number of methoxy groups -OCH3 is 1. The van der Waals surface area contributed by atoms with Gasteiger partial charge in [-0.25, -0.2) is 9.97 Å². The number of hydrogen-bond acceptors (Lipinski definition) is 7. The number of amides is 1. The second-order valence-electron chi connectivity index (χ2n) is 7.82. The van der Waals surface area contributed by atoms with Gasteiger partial charge in [0.05, 0.1) is 16.9 Å². The van der Waals surface area contributed by atoms with Crippen LogP contribution >= 0.6 is 11.3 Å². The van der Waals surface area contributed by atoms with Crippen LogP contribution in [0.15, 0.2) is 36.7 Å². The highest BCUT2D eigenvalue weighted by atomic mass is 32.1. The number of nitrogens with zero attached hydrogens (tertiary/aromatic N) is 2. The summed E-state index contributed by atoms with van der Waals surface area (Å²) in [6, 6.07) is 10.4. The Balaban J connectivity index is 1.55. The molecule has 31 heavy (non-hydrogen) atoms. The zero-order valence-corrected chi connectivity index (χ0v) is 18.8. The molecule has 2 aromatic heterocycles. The van der Waals surface area contributed by atoms with Crippen LogP contribution in [0, 0.1) is 6.92 Å². The SMILES string of the molecule is COCCNc1ncnc2sc(C(=O)NCC3(c4ccccc4)CCOCC3)c(C)c12. The highest BCUT2D eigenvalue weighted by molar-refractivity contribution is 7.20. The Bertz CT molecular complexity index is 1030. The average Bonchev–Trinajstić information content (AvgIpc) is 3.16. The van der Waals surface area contributed by atoms with E-state index in [0.717, 1.165) is 34.4 Å². The van der Waals surface area contributed by atoms with E-state index in [-0.39, 0.29) is 11.3 Å². The number of ether oxygens (including phenoxy) is 2. The van der Waals surface area contributed by atoms with Gasteiger partial charge >= 0.3 is 0 Å². The van der Waals surface area contributed by atoms with Crippen LogP contribution in [0.25, 0.3) is 10.2 Å². The van der Waals surface area contributed by atoms with E-state index in [1.807, 2.05) is 13.0 Å². The van der Waals surface area contributed by atoms with Crippen LogP contribution in [0.3, 0.4) is 0 Å². The third-order valence-corrected chi connectivity index (χ3v) is 7.15.